The lowest BCUT2D eigenvalue weighted by molar-refractivity contribution is -0.137. The molecule has 0 amide bonds. The third-order valence-corrected chi connectivity index (χ3v) is 8.55. The van der Waals surface area contributed by atoms with Gasteiger partial charge in [-0.05, 0) is 37.3 Å². The Morgan fingerprint density at radius 3 is 2.58 bits per heavy atom. The molecule has 3 rings (SSSR count). The molecule has 0 saturated heterocycles. The molecule has 1 aliphatic heterocycles. The molecule has 1 aliphatic rings. The Hall–Kier alpha value is -2.23. The van der Waals surface area contributed by atoms with Crippen molar-refractivity contribution in [2.45, 2.75) is 54.9 Å². The topological polar surface area (TPSA) is 87.1 Å². The van der Waals surface area contributed by atoms with Gasteiger partial charge in [-0.25, -0.2) is 8.42 Å². The maximum absolute atomic E-state index is 13.7. The largest absolute Gasteiger partial charge is 0.492 e. The fourth-order valence-corrected chi connectivity index (χ4v) is 6.08. The predicted octanol–water partition coefficient (Wildman–Crippen LogP) is 4.98. The predicted molar refractivity (Wildman–Crippen MR) is 132 cm³/mol. The highest BCUT2D eigenvalue weighted by molar-refractivity contribution is 7.98. The molecule has 180 valence electrons. The van der Waals surface area contributed by atoms with Crippen LogP contribution in [-0.2, 0) is 14.8 Å². The van der Waals surface area contributed by atoms with Crippen LogP contribution < -0.4 is 9.64 Å². The van der Waals surface area contributed by atoms with Crippen LogP contribution in [-0.4, -0.2) is 56.3 Å². The summed E-state index contributed by atoms with van der Waals surface area (Å²) in [4.78, 5) is 13.9. The van der Waals surface area contributed by atoms with E-state index >= 15 is 0 Å². The Morgan fingerprint density at radius 2 is 1.94 bits per heavy atom. The van der Waals surface area contributed by atoms with Gasteiger partial charge in [0.2, 0.25) is 10.0 Å². The molecule has 2 aromatic rings. The summed E-state index contributed by atoms with van der Waals surface area (Å²) < 4.78 is 34.8. The van der Waals surface area contributed by atoms with E-state index in [2.05, 4.69) is 11.8 Å². The molecule has 1 unspecified atom stereocenters. The van der Waals surface area contributed by atoms with E-state index in [1.54, 1.807) is 13.1 Å². The van der Waals surface area contributed by atoms with Gasteiger partial charge in [-0.15, -0.1) is 11.8 Å². The Labute approximate surface area is 200 Å². The first-order valence-corrected chi connectivity index (χ1v) is 13.8. The first kappa shape index (κ1) is 25.4. The molecule has 0 spiro atoms. The van der Waals surface area contributed by atoms with Crippen molar-refractivity contribution in [2.24, 2.45) is 0 Å². The lowest BCUT2D eigenvalue weighted by atomic mass is 10.1. The number of carboxylic acid groups (broad SMARTS) is 1. The zero-order valence-electron chi connectivity index (χ0n) is 19.4. The van der Waals surface area contributed by atoms with E-state index in [1.165, 1.54) is 16.1 Å². The van der Waals surface area contributed by atoms with Crippen molar-refractivity contribution in [3.63, 3.8) is 0 Å². The Balaban J connectivity index is 2.10. The summed E-state index contributed by atoms with van der Waals surface area (Å²) in [6, 6.07) is 13.2. The number of fused-ring (bicyclic) bond motifs is 1. The van der Waals surface area contributed by atoms with Crippen molar-refractivity contribution < 1.29 is 23.1 Å². The number of ether oxygens (including phenoxy) is 1. The van der Waals surface area contributed by atoms with Gasteiger partial charge >= 0.3 is 5.97 Å². The molecule has 0 bridgehead atoms. The number of thioether (sulfide) groups is 1. The summed E-state index contributed by atoms with van der Waals surface area (Å²) in [5.41, 5.74) is 1.57. The lowest BCUT2D eigenvalue weighted by Gasteiger charge is -2.29. The number of sulfonamides is 1. The van der Waals surface area contributed by atoms with E-state index in [4.69, 9.17) is 9.84 Å². The Kier molecular flexibility index (Phi) is 8.67. The van der Waals surface area contributed by atoms with E-state index in [-0.39, 0.29) is 24.0 Å². The second kappa shape index (κ2) is 11.3. The molecule has 1 atom stereocenters. The molecule has 0 aliphatic carbocycles. The number of para-hydroxylation sites is 1. The van der Waals surface area contributed by atoms with Crippen molar-refractivity contribution in [1.82, 2.24) is 4.31 Å². The van der Waals surface area contributed by atoms with Crippen molar-refractivity contribution >= 4 is 39.1 Å². The molecule has 0 radical (unpaired) electrons. The summed E-state index contributed by atoms with van der Waals surface area (Å²) >= 11 is 1.48. The van der Waals surface area contributed by atoms with Crippen LogP contribution in [0.5, 0.6) is 5.75 Å². The summed E-state index contributed by atoms with van der Waals surface area (Å²) in [6.07, 6.45) is 4.98. The first-order valence-electron chi connectivity index (χ1n) is 11.2. The molecular weight excluding hydrogens is 460 g/mol. The summed E-state index contributed by atoms with van der Waals surface area (Å²) in [5.74, 6) is -0.421. The number of aliphatic carboxylic acids is 1. The molecule has 7 nitrogen and oxygen atoms in total. The third-order valence-electron chi connectivity index (χ3n) is 5.85. The van der Waals surface area contributed by atoms with Gasteiger partial charge in [-0.3, -0.25) is 4.79 Å². The summed E-state index contributed by atoms with van der Waals surface area (Å²) in [7, 11) is -2.10. The standard InChI is InChI=1S/C24H32N2O5S2/c1-4-5-10-19-17-26(18-11-7-6-8-12-18)20-15-22(32-3)21(31-14-9-13-24(27)28)16-23(20)33(29,30)25(19)2/h6-8,11-12,15-16,19H,4-5,9-10,13-14,17H2,1-3H3,(H,27,28). The number of carbonyl (C=O) groups is 1. The molecule has 0 aromatic heterocycles. The van der Waals surface area contributed by atoms with Crippen LogP contribution >= 0.6 is 11.8 Å². The van der Waals surface area contributed by atoms with Crippen molar-refractivity contribution in [3.05, 3.63) is 42.5 Å². The van der Waals surface area contributed by atoms with Crippen molar-refractivity contribution in [3.8, 4) is 5.75 Å². The zero-order valence-corrected chi connectivity index (χ0v) is 21.0. The number of likely N-dealkylation sites (N-methyl/N-ethyl adjacent to an activating group) is 1. The highest BCUT2D eigenvalue weighted by Gasteiger charge is 2.37. The number of anilines is 2. The molecule has 0 fully saturated rings. The number of hydrogen-bond acceptors (Lipinski definition) is 6. The zero-order chi connectivity index (χ0) is 24.0. The van der Waals surface area contributed by atoms with E-state index in [0.29, 0.717) is 24.4 Å². The van der Waals surface area contributed by atoms with Crippen LogP contribution in [0.2, 0.25) is 0 Å². The highest BCUT2D eigenvalue weighted by Crippen LogP contribution is 2.43. The minimum absolute atomic E-state index is 0.00146. The molecule has 1 N–H and O–H groups in total. The molecule has 33 heavy (non-hydrogen) atoms. The number of benzene rings is 2. The molecule has 1 heterocycles. The van der Waals surface area contributed by atoms with Gasteiger partial charge in [0.15, 0.2) is 0 Å². The monoisotopic (exact) mass is 492 g/mol. The van der Waals surface area contributed by atoms with Crippen LogP contribution in [0.4, 0.5) is 11.4 Å². The Bertz CT molecular complexity index is 1060. The molecule has 0 saturated carbocycles. The van der Waals surface area contributed by atoms with E-state index < -0.39 is 16.0 Å². The minimum Gasteiger partial charge on any atom is -0.492 e. The minimum atomic E-state index is -3.76. The van der Waals surface area contributed by atoms with Gasteiger partial charge in [-0.1, -0.05) is 38.0 Å². The van der Waals surface area contributed by atoms with Gasteiger partial charge in [-0.2, -0.15) is 4.31 Å². The van der Waals surface area contributed by atoms with E-state index in [9.17, 15) is 13.2 Å². The van der Waals surface area contributed by atoms with E-state index in [1.807, 2.05) is 42.7 Å². The molecule has 2 aromatic carbocycles. The summed E-state index contributed by atoms with van der Waals surface area (Å²) in [5, 5.41) is 8.87. The number of unbranched alkanes of at least 4 members (excludes halogenated alkanes) is 1. The second-order valence-corrected chi connectivity index (χ2v) is 10.9. The van der Waals surface area contributed by atoms with Gasteiger partial charge in [0.1, 0.15) is 10.6 Å². The quantitative estimate of drug-likeness (QED) is 0.370. The van der Waals surface area contributed by atoms with Crippen LogP contribution in [0.3, 0.4) is 0 Å². The highest BCUT2D eigenvalue weighted by atomic mass is 32.2. The van der Waals surface area contributed by atoms with E-state index in [0.717, 1.165) is 29.8 Å². The lowest BCUT2D eigenvalue weighted by Crippen LogP contribution is -2.40. The number of carboxylic acids is 1. The average Bonchev–Trinajstić information content (AvgIpc) is 2.88. The fourth-order valence-electron chi connectivity index (χ4n) is 3.97. The first-order chi connectivity index (χ1) is 15.8. The van der Waals surface area contributed by atoms with Gasteiger partial charge in [0, 0.05) is 37.8 Å². The average molecular weight is 493 g/mol. The third kappa shape index (κ3) is 5.83. The fraction of sp³-hybridized carbons (Fsp3) is 0.458. The maximum atomic E-state index is 13.7. The molecular formula is C24H32N2O5S2. The van der Waals surface area contributed by atoms with Gasteiger partial charge < -0.3 is 14.7 Å². The summed E-state index contributed by atoms with van der Waals surface area (Å²) in [6.45, 7) is 2.86. The van der Waals surface area contributed by atoms with Crippen LogP contribution in [0, 0.1) is 0 Å². The van der Waals surface area contributed by atoms with Gasteiger partial charge in [0.25, 0.3) is 0 Å². The SMILES string of the molecule is CCCCC1CN(c2ccccc2)c2cc(SC)c(OCCCC(=O)O)cc2S(=O)(=O)N1C. The number of rotatable bonds is 10. The number of nitrogens with zero attached hydrogens (tertiary/aromatic N) is 2. The van der Waals surface area contributed by atoms with Crippen molar-refractivity contribution in [1.29, 1.82) is 0 Å². The van der Waals surface area contributed by atoms with Crippen LogP contribution in [0.1, 0.15) is 39.0 Å². The number of hydrogen-bond donors (Lipinski definition) is 1. The van der Waals surface area contributed by atoms with Crippen molar-refractivity contribution in [2.75, 3.05) is 31.4 Å². The Morgan fingerprint density at radius 1 is 1.21 bits per heavy atom. The molecule has 9 heteroatoms. The normalized spacial score (nSPS) is 17.9. The van der Waals surface area contributed by atoms with Crippen LogP contribution in [0.25, 0.3) is 0 Å². The van der Waals surface area contributed by atoms with Gasteiger partial charge in [0.05, 0.1) is 17.2 Å². The van der Waals surface area contributed by atoms with Crippen LogP contribution in [0.15, 0.2) is 52.3 Å². The second-order valence-electron chi connectivity index (χ2n) is 8.08. The smallest absolute Gasteiger partial charge is 0.303 e. The maximum Gasteiger partial charge on any atom is 0.303 e.